The number of ether oxygens (including phenoxy) is 1. The molecule has 2 aromatic carbocycles. The summed E-state index contributed by atoms with van der Waals surface area (Å²) in [5.74, 6) is -0.0910. The zero-order valence-corrected chi connectivity index (χ0v) is 18.5. The van der Waals surface area contributed by atoms with E-state index in [1.807, 2.05) is 59.5 Å². The van der Waals surface area contributed by atoms with Gasteiger partial charge in [-0.3, -0.25) is 14.0 Å². The van der Waals surface area contributed by atoms with Gasteiger partial charge >= 0.3 is 0 Å². The Morgan fingerprint density at radius 3 is 2.72 bits per heavy atom. The van der Waals surface area contributed by atoms with Gasteiger partial charge in [-0.2, -0.15) is 0 Å². The first-order chi connectivity index (χ1) is 15.6. The average Bonchev–Trinajstić information content (AvgIpc) is 3.28. The van der Waals surface area contributed by atoms with Crippen molar-refractivity contribution in [2.75, 3.05) is 20.3 Å². The molecular formula is C26H23ClN2O3. The van der Waals surface area contributed by atoms with Crippen molar-refractivity contribution in [1.82, 2.24) is 9.30 Å². The highest BCUT2D eigenvalue weighted by Crippen LogP contribution is 2.30. The Morgan fingerprint density at radius 2 is 1.94 bits per heavy atom. The summed E-state index contributed by atoms with van der Waals surface area (Å²) in [4.78, 5) is 29.3. The predicted molar refractivity (Wildman–Crippen MR) is 128 cm³/mol. The lowest BCUT2D eigenvalue weighted by molar-refractivity contribution is 0.0632. The summed E-state index contributed by atoms with van der Waals surface area (Å²) in [7, 11) is 1.65. The lowest BCUT2D eigenvalue weighted by atomic mass is 10.0. The van der Waals surface area contributed by atoms with E-state index in [0.717, 1.165) is 29.2 Å². The molecule has 1 unspecified atom stereocenters. The molecule has 0 bridgehead atoms. The first kappa shape index (κ1) is 20.7. The maximum Gasteiger partial charge on any atom is 0.263 e. The second-order valence-corrected chi connectivity index (χ2v) is 8.60. The van der Waals surface area contributed by atoms with Crippen LogP contribution >= 0.6 is 11.6 Å². The van der Waals surface area contributed by atoms with Crippen LogP contribution in [0.25, 0.3) is 27.4 Å². The van der Waals surface area contributed by atoms with Crippen LogP contribution in [0.1, 0.15) is 23.2 Å². The summed E-state index contributed by atoms with van der Waals surface area (Å²) < 4.78 is 6.94. The fourth-order valence-electron chi connectivity index (χ4n) is 4.70. The third-order valence-corrected chi connectivity index (χ3v) is 6.45. The second-order valence-electron chi connectivity index (χ2n) is 8.16. The van der Waals surface area contributed by atoms with E-state index in [0.29, 0.717) is 34.8 Å². The molecule has 1 atom stereocenters. The SMILES string of the molecule is COCC1CCCN1C(=O)c1cc(-c2ccccc2)c(=O)n2ccc3ccc(Cl)cc3c12. The molecule has 0 saturated carbocycles. The van der Waals surface area contributed by atoms with Crippen molar-refractivity contribution in [3.8, 4) is 11.1 Å². The van der Waals surface area contributed by atoms with Crippen molar-refractivity contribution in [1.29, 1.82) is 0 Å². The van der Waals surface area contributed by atoms with Crippen LogP contribution in [0.4, 0.5) is 0 Å². The number of likely N-dealkylation sites (tertiary alicyclic amines) is 1. The van der Waals surface area contributed by atoms with Crippen molar-refractivity contribution in [2.24, 2.45) is 0 Å². The first-order valence-corrected chi connectivity index (χ1v) is 11.1. The van der Waals surface area contributed by atoms with Crippen molar-refractivity contribution in [3.05, 3.63) is 87.8 Å². The van der Waals surface area contributed by atoms with Crippen LogP contribution in [-0.2, 0) is 4.74 Å². The van der Waals surface area contributed by atoms with Gasteiger partial charge in [0.2, 0.25) is 0 Å². The van der Waals surface area contributed by atoms with E-state index in [-0.39, 0.29) is 17.5 Å². The van der Waals surface area contributed by atoms with Crippen molar-refractivity contribution >= 4 is 33.8 Å². The van der Waals surface area contributed by atoms with E-state index in [1.165, 1.54) is 0 Å². The highest BCUT2D eigenvalue weighted by molar-refractivity contribution is 6.31. The van der Waals surface area contributed by atoms with E-state index < -0.39 is 0 Å². The fraction of sp³-hybridized carbons (Fsp3) is 0.231. The highest BCUT2D eigenvalue weighted by Gasteiger charge is 2.31. The first-order valence-electron chi connectivity index (χ1n) is 10.7. The van der Waals surface area contributed by atoms with Crippen molar-refractivity contribution in [3.63, 3.8) is 0 Å². The molecule has 1 aliphatic heterocycles. The number of halogens is 1. The van der Waals surface area contributed by atoms with Crippen LogP contribution in [0.5, 0.6) is 0 Å². The van der Waals surface area contributed by atoms with E-state index in [4.69, 9.17) is 16.3 Å². The number of hydrogen-bond acceptors (Lipinski definition) is 3. The van der Waals surface area contributed by atoms with Crippen LogP contribution in [0.2, 0.25) is 5.02 Å². The van der Waals surface area contributed by atoms with Gasteiger partial charge in [-0.15, -0.1) is 0 Å². The molecule has 5 rings (SSSR count). The van der Waals surface area contributed by atoms with Gasteiger partial charge in [-0.1, -0.05) is 48.0 Å². The molecule has 1 aliphatic rings. The summed E-state index contributed by atoms with van der Waals surface area (Å²) >= 11 is 6.31. The number of hydrogen-bond donors (Lipinski definition) is 0. The molecule has 3 heterocycles. The van der Waals surface area contributed by atoms with Crippen LogP contribution in [0.3, 0.4) is 0 Å². The van der Waals surface area contributed by atoms with E-state index in [1.54, 1.807) is 23.8 Å². The van der Waals surface area contributed by atoms with Gasteiger partial charge in [-0.25, -0.2) is 0 Å². The molecule has 162 valence electrons. The molecule has 1 amide bonds. The van der Waals surface area contributed by atoms with Crippen LogP contribution in [-0.4, -0.2) is 41.5 Å². The number of nitrogens with zero attached hydrogens (tertiary/aromatic N) is 2. The Hall–Kier alpha value is -3.15. The molecule has 0 N–H and O–H groups in total. The van der Waals surface area contributed by atoms with Gasteiger partial charge in [-0.05, 0) is 48.1 Å². The predicted octanol–water partition coefficient (Wildman–Crippen LogP) is 5.02. The smallest absolute Gasteiger partial charge is 0.263 e. The monoisotopic (exact) mass is 446 g/mol. The molecule has 6 heteroatoms. The van der Waals surface area contributed by atoms with E-state index in [2.05, 4.69) is 0 Å². The zero-order chi connectivity index (χ0) is 22.2. The zero-order valence-electron chi connectivity index (χ0n) is 17.8. The van der Waals surface area contributed by atoms with Gasteiger partial charge in [0, 0.05) is 35.8 Å². The molecule has 4 aromatic rings. The second kappa shape index (κ2) is 8.41. The van der Waals surface area contributed by atoms with Crippen LogP contribution < -0.4 is 5.56 Å². The maximum absolute atomic E-state index is 13.9. The van der Waals surface area contributed by atoms with Crippen LogP contribution in [0, 0.1) is 0 Å². The Balaban J connectivity index is 1.82. The minimum atomic E-state index is -0.167. The minimum absolute atomic E-state index is 0.0261. The van der Waals surface area contributed by atoms with Crippen molar-refractivity contribution in [2.45, 2.75) is 18.9 Å². The number of benzene rings is 2. The third kappa shape index (κ3) is 3.48. The number of amides is 1. The lowest BCUT2D eigenvalue weighted by Crippen LogP contribution is -2.38. The van der Waals surface area contributed by atoms with E-state index >= 15 is 0 Å². The Labute approximate surface area is 190 Å². The molecule has 32 heavy (non-hydrogen) atoms. The Kier molecular flexibility index (Phi) is 5.45. The largest absolute Gasteiger partial charge is 0.383 e. The fourth-order valence-corrected chi connectivity index (χ4v) is 4.87. The molecule has 1 saturated heterocycles. The van der Waals surface area contributed by atoms with Gasteiger partial charge in [0.15, 0.2) is 0 Å². The Bertz CT molecular complexity index is 1380. The number of carbonyl (C=O) groups excluding carboxylic acids is 1. The molecule has 2 aromatic heterocycles. The summed E-state index contributed by atoms with van der Waals surface area (Å²) in [5.41, 5.74) is 2.19. The molecule has 0 aliphatic carbocycles. The topological polar surface area (TPSA) is 51.0 Å². The van der Waals surface area contributed by atoms with Gasteiger partial charge in [0.25, 0.3) is 11.5 Å². The summed E-state index contributed by atoms with van der Waals surface area (Å²) in [6.07, 6.45) is 3.58. The number of aromatic nitrogens is 1. The maximum atomic E-state index is 13.9. The molecule has 1 fully saturated rings. The quantitative estimate of drug-likeness (QED) is 0.413. The molecule has 0 radical (unpaired) electrons. The minimum Gasteiger partial charge on any atom is -0.383 e. The van der Waals surface area contributed by atoms with Crippen molar-refractivity contribution < 1.29 is 9.53 Å². The average molecular weight is 447 g/mol. The summed E-state index contributed by atoms with van der Waals surface area (Å²) in [6.45, 7) is 1.17. The molecular weight excluding hydrogens is 424 g/mol. The van der Waals surface area contributed by atoms with Crippen LogP contribution in [0.15, 0.2) is 71.7 Å². The Morgan fingerprint density at radius 1 is 1.12 bits per heavy atom. The highest BCUT2D eigenvalue weighted by atomic mass is 35.5. The van der Waals surface area contributed by atoms with Gasteiger partial charge < -0.3 is 9.64 Å². The number of carbonyl (C=O) groups is 1. The normalized spacial score (nSPS) is 16.2. The van der Waals surface area contributed by atoms with Gasteiger partial charge in [0.1, 0.15) is 0 Å². The standard InChI is InChI=1S/C26H23ClN2O3/c1-32-16-20-8-5-12-28(20)26(31)23-15-22(17-6-3-2-4-7-17)25(30)29-13-11-18-9-10-19(27)14-21(18)24(23)29/h2-4,6-7,9-11,13-15,20H,5,8,12,16H2,1H3. The number of methoxy groups -OCH3 is 1. The number of pyridine rings is 2. The molecule has 0 spiro atoms. The molecule has 5 nitrogen and oxygen atoms in total. The number of rotatable bonds is 4. The van der Waals surface area contributed by atoms with Gasteiger partial charge in [0.05, 0.1) is 23.7 Å². The van der Waals surface area contributed by atoms with E-state index in [9.17, 15) is 9.59 Å². The number of fused-ring (bicyclic) bond motifs is 3. The summed E-state index contributed by atoms with van der Waals surface area (Å²) in [5, 5.41) is 2.26. The third-order valence-electron chi connectivity index (χ3n) is 6.22. The lowest BCUT2D eigenvalue weighted by Gasteiger charge is -2.25. The summed E-state index contributed by atoms with van der Waals surface area (Å²) in [6, 6.07) is 18.7.